The number of rotatable bonds is 14. The predicted molar refractivity (Wildman–Crippen MR) is 404 cm³/mol. The van der Waals surface area contributed by atoms with E-state index in [1.54, 1.807) is 0 Å². The van der Waals surface area contributed by atoms with Crippen LogP contribution in [0, 0.1) is 0 Å². The maximum absolute atomic E-state index is 3.39. The van der Waals surface area contributed by atoms with Crippen molar-refractivity contribution in [3.63, 3.8) is 0 Å². The van der Waals surface area contributed by atoms with Crippen LogP contribution in [0.15, 0.2) is 388 Å². The quantitative estimate of drug-likeness (QED) is 0.0759. The summed E-state index contributed by atoms with van der Waals surface area (Å²) < 4.78 is 5.11. The minimum Gasteiger partial charge on any atom is -0.309 e. The van der Waals surface area contributed by atoms with Crippen molar-refractivity contribution in [2.45, 2.75) is 0 Å². The van der Waals surface area contributed by atoms with Crippen molar-refractivity contribution in [2.75, 3.05) is 0 Å². The smallest absolute Gasteiger partial charge is 0.179 e. The largest absolute Gasteiger partial charge is 0.309 e. The van der Waals surface area contributed by atoms with Crippen LogP contribution >= 0.6 is 0 Å². The molecular weight excluding hydrogens is 1170 g/mol. The van der Waals surface area contributed by atoms with E-state index in [1.807, 2.05) is 0 Å². The topological polar surface area (TPSA) is 9.86 Å². The third-order valence-electron chi connectivity index (χ3n) is 19.6. The SMILES string of the molecule is c1ccc(-c2cccc([Si](c3ccccc3)(c3cccc(-c4ccccc4)c3)c3cc(-c4ccccc4)c(-n4c5ccc(-n6c7ccccc7c7ccccc76)cc5c5cc([Si](c6ccccc6)(c6ccccc6)c6ccccc6)ccc54)c(-c4ccccc4)c3)c2)cc1. The molecule has 94 heavy (non-hydrogen) atoms. The number of para-hydroxylation sites is 2. The number of aromatic nitrogens is 2. The summed E-state index contributed by atoms with van der Waals surface area (Å²) in [7, 11) is -6.42. The highest BCUT2D eigenvalue weighted by Gasteiger charge is 2.44. The van der Waals surface area contributed by atoms with E-state index in [9.17, 15) is 0 Å². The third kappa shape index (κ3) is 9.37. The molecule has 4 heteroatoms. The Labute approximate surface area is 550 Å². The first-order valence-electron chi connectivity index (χ1n) is 32.6. The van der Waals surface area contributed by atoms with Crippen molar-refractivity contribution in [1.29, 1.82) is 0 Å². The zero-order valence-corrected chi connectivity index (χ0v) is 53.8. The number of nitrogens with zero attached hydrogens (tertiary/aromatic N) is 2. The van der Waals surface area contributed by atoms with Gasteiger partial charge in [-0.2, -0.15) is 0 Å². The molecule has 0 N–H and O–H groups in total. The molecule has 0 fully saturated rings. The second-order valence-electron chi connectivity index (χ2n) is 24.6. The molecule has 15 aromatic carbocycles. The lowest BCUT2D eigenvalue weighted by Crippen LogP contribution is -2.74. The molecule has 442 valence electrons. The van der Waals surface area contributed by atoms with Gasteiger partial charge in [-0.05, 0) is 111 Å². The van der Waals surface area contributed by atoms with Crippen molar-refractivity contribution in [3.8, 4) is 55.9 Å². The molecule has 0 saturated carbocycles. The summed E-state index contributed by atoms with van der Waals surface area (Å²) in [4.78, 5) is 0. The molecule has 2 aromatic heterocycles. The van der Waals surface area contributed by atoms with E-state index >= 15 is 0 Å². The van der Waals surface area contributed by atoms with Gasteiger partial charge >= 0.3 is 0 Å². The highest BCUT2D eigenvalue weighted by molar-refractivity contribution is 7.20. The Morgan fingerprint density at radius 2 is 0.479 bits per heavy atom. The zero-order chi connectivity index (χ0) is 62.4. The Morgan fingerprint density at radius 1 is 0.170 bits per heavy atom. The standard InChI is InChI=1S/C90H64N2Si2/c1-9-31-65(32-10-1)69-39-29-49-76(59-69)94(75-47-23-8-24-48-75,77-50-30-40-70(60-77)66-33-11-2-12-34-66)79-63-82(67-35-13-3-14-36-67)90(83(64-79)68-37-15-4-16-38-68)92-88-57-55-71(91-86-53-27-25-51-80(86)81-52-26-28-54-87(81)91)61-84(88)85-62-78(56-58-89(85)92)93(72-41-17-5-18-42-72,73-43-19-6-20-44-73)74-45-21-7-22-46-74/h1-64H. The molecule has 2 nitrogen and oxygen atoms in total. The van der Waals surface area contributed by atoms with E-state index in [4.69, 9.17) is 0 Å². The van der Waals surface area contributed by atoms with E-state index in [-0.39, 0.29) is 0 Å². The lowest BCUT2D eigenvalue weighted by atomic mass is 9.95. The van der Waals surface area contributed by atoms with E-state index in [0.717, 1.165) is 44.7 Å². The van der Waals surface area contributed by atoms with Crippen LogP contribution in [0.25, 0.3) is 99.5 Å². The highest BCUT2D eigenvalue weighted by atomic mass is 28.3. The molecular formula is C90H64N2Si2. The molecule has 0 spiro atoms. The van der Waals surface area contributed by atoms with Crippen LogP contribution in [-0.2, 0) is 0 Å². The Morgan fingerprint density at radius 3 is 0.904 bits per heavy atom. The molecule has 0 aliphatic rings. The van der Waals surface area contributed by atoms with Crippen molar-refractivity contribution >= 4 is 101 Å². The van der Waals surface area contributed by atoms with E-state index in [1.165, 1.54) is 96.3 Å². The van der Waals surface area contributed by atoms with E-state index < -0.39 is 16.1 Å². The van der Waals surface area contributed by atoms with Gasteiger partial charge in [0.2, 0.25) is 0 Å². The van der Waals surface area contributed by atoms with E-state index in [2.05, 4.69) is 397 Å². The lowest BCUT2D eigenvalue weighted by molar-refractivity contribution is 1.17. The molecule has 0 atom stereocenters. The van der Waals surface area contributed by atoms with Crippen LogP contribution in [0.1, 0.15) is 0 Å². The summed E-state index contributed by atoms with van der Waals surface area (Å²) in [5, 5.41) is 15.4. The van der Waals surface area contributed by atoms with Gasteiger partial charge in [0.1, 0.15) is 0 Å². The number of benzene rings is 15. The molecule has 17 rings (SSSR count). The lowest BCUT2D eigenvalue weighted by Gasteiger charge is -2.36. The summed E-state index contributed by atoms with van der Waals surface area (Å²) in [6.45, 7) is 0. The summed E-state index contributed by atoms with van der Waals surface area (Å²) >= 11 is 0. The second-order valence-corrected chi connectivity index (χ2v) is 32.3. The molecule has 0 saturated heterocycles. The zero-order valence-electron chi connectivity index (χ0n) is 51.8. The van der Waals surface area contributed by atoms with Gasteiger partial charge in [0.15, 0.2) is 16.1 Å². The third-order valence-corrected chi connectivity index (χ3v) is 29.1. The second kappa shape index (κ2) is 23.9. The Hall–Kier alpha value is -11.7. The fourth-order valence-corrected chi connectivity index (χ4v) is 25.1. The van der Waals surface area contributed by atoms with Gasteiger partial charge in [-0.15, -0.1) is 0 Å². The number of hydrogen-bond donors (Lipinski definition) is 0. The molecule has 0 amide bonds. The average molecular weight is 1230 g/mol. The van der Waals surface area contributed by atoms with Gasteiger partial charge in [-0.25, -0.2) is 0 Å². The van der Waals surface area contributed by atoms with Crippen molar-refractivity contribution in [3.05, 3.63) is 388 Å². The first-order chi connectivity index (χ1) is 46.6. The van der Waals surface area contributed by atoms with Crippen LogP contribution in [0.3, 0.4) is 0 Å². The van der Waals surface area contributed by atoms with Gasteiger partial charge in [0.25, 0.3) is 0 Å². The highest BCUT2D eigenvalue weighted by Crippen LogP contribution is 2.43. The van der Waals surface area contributed by atoms with Crippen molar-refractivity contribution in [2.24, 2.45) is 0 Å². The Balaban J connectivity index is 1.03. The molecule has 17 aromatic rings. The van der Waals surface area contributed by atoms with Crippen LogP contribution in [0.2, 0.25) is 0 Å². The van der Waals surface area contributed by atoms with Gasteiger partial charge in [-0.1, -0.05) is 352 Å². The summed E-state index contributed by atoms with van der Waals surface area (Å²) in [5.41, 5.74) is 16.2. The normalized spacial score (nSPS) is 11.8. The summed E-state index contributed by atoms with van der Waals surface area (Å²) in [5.74, 6) is 0. The van der Waals surface area contributed by atoms with Gasteiger partial charge in [-0.3, -0.25) is 0 Å². The maximum atomic E-state index is 2.63. The van der Waals surface area contributed by atoms with Crippen molar-refractivity contribution in [1.82, 2.24) is 9.13 Å². The molecule has 0 aliphatic heterocycles. The fraction of sp³-hybridized carbons (Fsp3) is 0. The average Bonchev–Trinajstić information content (AvgIpc) is 1.33. The molecule has 0 unspecified atom stereocenters. The van der Waals surface area contributed by atoms with Gasteiger partial charge < -0.3 is 9.13 Å². The van der Waals surface area contributed by atoms with Gasteiger partial charge in [0, 0.05) is 38.4 Å². The molecule has 2 heterocycles. The predicted octanol–water partition coefficient (Wildman–Crippen LogP) is 17.3. The maximum Gasteiger partial charge on any atom is 0.179 e. The monoisotopic (exact) mass is 1230 g/mol. The molecule has 0 radical (unpaired) electrons. The van der Waals surface area contributed by atoms with Crippen LogP contribution in [0.4, 0.5) is 0 Å². The van der Waals surface area contributed by atoms with Crippen LogP contribution in [0.5, 0.6) is 0 Å². The van der Waals surface area contributed by atoms with E-state index in [0.29, 0.717) is 0 Å². The minimum absolute atomic E-state index is 1.11. The summed E-state index contributed by atoms with van der Waals surface area (Å²) in [6, 6.07) is 146. The fourth-order valence-electron chi connectivity index (χ4n) is 15.5. The molecule has 0 bridgehead atoms. The first-order valence-corrected chi connectivity index (χ1v) is 36.6. The van der Waals surface area contributed by atoms with Crippen molar-refractivity contribution < 1.29 is 0 Å². The van der Waals surface area contributed by atoms with Crippen LogP contribution in [-0.4, -0.2) is 25.3 Å². The molecule has 0 aliphatic carbocycles. The minimum atomic E-state index is -3.39. The number of fused-ring (bicyclic) bond motifs is 6. The Kier molecular flexibility index (Phi) is 14.3. The summed E-state index contributed by atoms with van der Waals surface area (Å²) in [6.07, 6.45) is 0. The van der Waals surface area contributed by atoms with Crippen LogP contribution < -0.4 is 41.5 Å². The van der Waals surface area contributed by atoms with Gasteiger partial charge in [0.05, 0.1) is 27.8 Å². The first kappa shape index (κ1) is 56.3. The Bertz CT molecular complexity index is 5280. The number of hydrogen-bond acceptors (Lipinski definition) is 0.